The van der Waals surface area contributed by atoms with Gasteiger partial charge in [-0.2, -0.15) is 0 Å². The first kappa shape index (κ1) is 20.1. The summed E-state index contributed by atoms with van der Waals surface area (Å²) in [6, 6.07) is 17.3. The number of hydrogen-bond acceptors (Lipinski definition) is 7. The molecule has 0 fully saturated rings. The second-order valence-corrected chi connectivity index (χ2v) is 9.13. The summed E-state index contributed by atoms with van der Waals surface area (Å²) in [7, 11) is -3.65. The van der Waals surface area contributed by atoms with E-state index < -0.39 is 10.0 Å². The van der Waals surface area contributed by atoms with Gasteiger partial charge in [0.05, 0.1) is 4.90 Å². The predicted molar refractivity (Wildman–Crippen MR) is 116 cm³/mol. The number of anilines is 1. The lowest BCUT2D eigenvalue weighted by Crippen LogP contribution is -2.12. The van der Waals surface area contributed by atoms with Crippen LogP contribution in [-0.2, 0) is 15.8 Å². The summed E-state index contributed by atoms with van der Waals surface area (Å²) >= 11 is 1.43. The van der Waals surface area contributed by atoms with Gasteiger partial charge in [-0.1, -0.05) is 35.5 Å². The third kappa shape index (κ3) is 4.87. The Labute approximate surface area is 178 Å². The van der Waals surface area contributed by atoms with E-state index in [1.165, 1.54) is 11.8 Å². The van der Waals surface area contributed by atoms with Gasteiger partial charge in [-0.25, -0.2) is 8.42 Å². The van der Waals surface area contributed by atoms with Crippen molar-refractivity contribution in [3.8, 4) is 11.5 Å². The van der Waals surface area contributed by atoms with E-state index >= 15 is 0 Å². The molecule has 2 heterocycles. The van der Waals surface area contributed by atoms with Crippen molar-refractivity contribution in [3.05, 3.63) is 84.2 Å². The van der Waals surface area contributed by atoms with Crippen LogP contribution < -0.4 is 4.72 Å². The minimum atomic E-state index is -3.65. The Morgan fingerprint density at radius 3 is 2.47 bits per heavy atom. The van der Waals surface area contributed by atoms with Crippen LogP contribution in [-0.4, -0.2) is 23.6 Å². The molecule has 0 atom stereocenters. The maximum absolute atomic E-state index is 12.5. The average Bonchev–Trinajstić information content (AvgIpc) is 3.23. The molecular formula is C21H18N4O3S2. The van der Waals surface area contributed by atoms with E-state index in [1.54, 1.807) is 60.9 Å². The van der Waals surface area contributed by atoms with Crippen molar-refractivity contribution in [2.24, 2.45) is 0 Å². The summed E-state index contributed by atoms with van der Waals surface area (Å²) in [5.41, 5.74) is 3.21. The minimum absolute atomic E-state index is 0.212. The SMILES string of the molecule is Cc1ccc(S(=O)(=O)Nc2ccc(-c3nnc(SCc4cccnc4)o3)cc2)cc1. The standard InChI is InChI=1S/C21H18N4O3S2/c1-15-4-10-19(11-5-15)30(26,27)25-18-8-6-17(7-9-18)20-23-24-21(28-20)29-14-16-3-2-12-22-13-16/h2-13,25H,14H2,1H3. The highest BCUT2D eigenvalue weighted by molar-refractivity contribution is 7.98. The van der Waals surface area contributed by atoms with E-state index in [0.717, 1.165) is 11.1 Å². The Morgan fingerprint density at radius 1 is 1.00 bits per heavy atom. The Balaban J connectivity index is 1.42. The first-order chi connectivity index (χ1) is 14.5. The summed E-state index contributed by atoms with van der Waals surface area (Å²) < 4.78 is 33.3. The molecule has 1 N–H and O–H groups in total. The molecule has 4 rings (SSSR count). The number of benzene rings is 2. The first-order valence-electron chi connectivity index (χ1n) is 9.05. The molecule has 30 heavy (non-hydrogen) atoms. The molecule has 2 aromatic carbocycles. The van der Waals surface area contributed by atoms with Gasteiger partial charge in [0.2, 0.25) is 5.89 Å². The van der Waals surface area contributed by atoms with Gasteiger partial charge >= 0.3 is 0 Å². The third-order valence-corrected chi connectivity index (χ3v) is 6.49. The van der Waals surface area contributed by atoms with E-state index in [4.69, 9.17) is 4.42 Å². The molecule has 0 bridgehead atoms. The summed E-state index contributed by atoms with van der Waals surface area (Å²) in [4.78, 5) is 4.29. The van der Waals surface area contributed by atoms with Crippen molar-refractivity contribution in [2.45, 2.75) is 22.8 Å². The van der Waals surface area contributed by atoms with E-state index in [1.807, 2.05) is 19.1 Å². The van der Waals surface area contributed by atoms with Gasteiger partial charge < -0.3 is 4.42 Å². The monoisotopic (exact) mass is 438 g/mol. The van der Waals surface area contributed by atoms with Gasteiger partial charge in [-0.05, 0) is 55.0 Å². The summed E-state index contributed by atoms with van der Waals surface area (Å²) in [6.45, 7) is 1.91. The second-order valence-electron chi connectivity index (χ2n) is 6.52. The van der Waals surface area contributed by atoms with Gasteiger partial charge in [0.15, 0.2) is 0 Å². The largest absolute Gasteiger partial charge is 0.411 e. The zero-order valence-electron chi connectivity index (χ0n) is 16.0. The van der Waals surface area contributed by atoms with Crippen LogP contribution in [0.2, 0.25) is 0 Å². The van der Waals surface area contributed by atoms with Gasteiger partial charge in [-0.3, -0.25) is 9.71 Å². The Bertz CT molecular complexity index is 1220. The molecule has 0 aliphatic rings. The van der Waals surface area contributed by atoms with Crippen molar-refractivity contribution in [1.82, 2.24) is 15.2 Å². The third-order valence-electron chi connectivity index (χ3n) is 4.21. The highest BCUT2D eigenvalue weighted by Crippen LogP contribution is 2.27. The predicted octanol–water partition coefficient (Wildman–Crippen LogP) is 4.53. The lowest BCUT2D eigenvalue weighted by Gasteiger charge is -2.08. The van der Waals surface area contributed by atoms with Crippen molar-refractivity contribution < 1.29 is 12.8 Å². The molecule has 0 saturated heterocycles. The van der Waals surface area contributed by atoms with Crippen LogP contribution in [0.1, 0.15) is 11.1 Å². The molecule has 0 spiro atoms. The zero-order valence-corrected chi connectivity index (χ0v) is 17.7. The van der Waals surface area contributed by atoms with Crippen molar-refractivity contribution in [1.29, 1.82) is 0 Å². The van der Waals surface area contributed by atoms with Crippen molar-refractivity contribution in [2.75, 3.05) is 4.72 Å². The molecule has 4 aromatic rings. The summed E-state index contributed by atoms with van der Waals surface area (Å²) in [6.07, 6.45) is 3.52. The van der Waals surface area contributed by atoms with Gasteiger partial charge in [0.1, 0.15) is 0 Å². The fraction of sp³-hybridized carbons (Fsp3) is 0.0952. The smallest absolute Gasteiger partial charge is 0.277 e. The van der Waals surface area contributed by atoms with Crippen LogP contribution in [0.3, 0.4) is 0 Å². The average molecular weight is 439 g/mol. The Hall–Kier alpha value is -3.17. The number of thioether (sulfide) groups is 1. The zero-order chi connectivity index (χ0) is 21.0. The number of rotatable bonds is 7. The van der Waals surface area contributed by atoms with Gasteiger partial charge in [0.25, 0.3) is 15.2 Å². The number of sulfonamides is 1. The molecule has 7 nitrogen and oxygen atoms in total. The molecule has 152 valence electrons. The maximum atomic E-state index is 12.5. The van der Waals surface area contributed by atoms with Crippen molar-refractivity contribution >= 4 is 27.5 Å². The fourth-order valence-electron chi connectivity index (χ4n) is 2.63. The minimum Gasteiger partial charge on any atom is -0.411 e. The van der Waals surface area contributed by atoms with Gasteiger partial charge in [0, 0.05) is 29.4 Å². The molecule has 0 amide bonds. The quantitative estimate of drug-likeness (QED) is 0.423. The molecule has 0 radical (unpaired) electrons. The number of aromatic nitrogens is 3. The van der Waals surface area contributed by atoms with Crippen LogP contribution in [0.5, 0.6) is 0 Å². The number of nitrogens with zero attached hydrogens (tertiary/aromatic N) is 3. The normalized spacial score (nSPS) is 11.4. The summed E-state index contributed by atoms with van der Waals surface area (Å²) in [5.74, 6) is 1.05. The van der Waals surface area contributed by atoms with E-state index in [-0.39, 0.29) is 4.90 Å². The molecule has 2 aromatic heterocycles. The lowest BCUT2D eigenvalue weighted by atomic mass is 10.2. The fourth-order valence-corrected chi connectivity index (χ4v) is 4.38. The van der Waals surface area contributed by atoms with Crippen LogP contribution in [0.15, 0.2) is 87.6 Å². The lowest BCUT2D eigenvalue weighted by molar-refractivity contribution is 0.466. The summed E-state index contributed by atoms with van der Waals surface area (Å²) in [5, 5.41) is 8.57. The number of pyridine rings is 1. The van der Waals surface area contributed by atoms with Crippen LogP contribution in [0.25, 0.3) is 11.5 Å². The molecule has 0 aliphatic carbocycles. The van der Waals surface area contributed by atoms with E-state index in [0.29, 0.717) is 28.1 Å². The van der Waals surface area contributed by atoms with Crippen LogP contribution in [0, 0.1) is 6.92 Å². The molecule has 0 unspecified atom stereocenters. The van der Waals surface area contributed by atoms with Crippen LogP contribution in [0.4, 0.5) is 5.69 Å². The highest BCUT2D eigenvalue weighted by Gasteiger charge is 2.15. The van der Waals surface area contributed by atoms with Crippen LogP contribution >= 0.6 is 11.8 Å². The Kier molecular flexibility index (Phi) is 5.82. The second kappa shape index (κ2) is 8.68. The highest BCUT2D eigenvalue weighted by atomic mass is 32.2. The topological polar surface area (TPSA) is 98.0 Å². The number of aryl methyl sites for hydroxylation is 1. The molecule has 0 saturated carbocycles. The van der Waals surface area contributed by atoms with Gasteiger partial charge in [-0.15, -0.1) is 10.2 Å². The first-order valence-corrected chi connectivity index (χ1v) is 11.5. The maximum Gasteiger partial charge on any atom is 0.277 e. The molecule has 9 heteroatoms. The Morgan fingerprint density at radius 2 is 1.77 bits per heavy atom. The van der Waals surface area contributed by atoms with Crippen molar-refractivity contribution in [3.63, 3.8) is 0 Å². The number of hydrogen-bond donors (Lipinski definition) is 1. The number of nitrogens with one attached hydrogen (secondary N) is 1. The van der Waals surface area contributed by atoms with E-state index in [9.17, 15) is 8.42 Å². The van der Waals surface area contributed by atoms with E-state index in [2.05, 4.69) is 19.9 Å². The molecular weight excluding hydrogens is 420 g/mol. The molecule has 0 aliphatic heterocycles.